The zero-order valence-electron chi connectivity index (χ0n) is 10.2. The van der Waals surface area contributed by atoms with Gasteiger partial charge in [-0.25, -0.2) is 10.8 Å². The number of aromatic nitrogens is 2. The molecule has 0 spiro atoms. The highest BCUT2D eigenvalue weighted by atomic mass is 79.9. The van der Waals surface area contributed by atoms with E-state index in [0.29, 0.717) is 10.2 Å². The second-order valence-corrected chi connectivity index (χ2v) is 5.62. The van der Waals surface area contributed by atoms with Crippen molar-refractivity contribution in [2.24, 2.45) is 5.84 Å². The number of alkyl halides is 3. The van der Waals surface area contributed by atoms with Crippen LogP contribution in [0.3, 0.4) is 0 Å². The molecule has 0 bridgehead atoms. The number of nitrogen functional groups attached to an aromatic ring is 1. The first-order chi connectivity index (χ1) is 9.79. The van der Waals surface area contributed by atoms with Crippen LogP contribution in [0.2, 0.25) is 0 Å². The Labute approximate surface area is 134 Å². The van der Waals surface area contributed by atoms with Crippen molar-refractivity contribution in [1.82, 2.24) is 9.97 Å². The number of hydrazine groups is 1. The van der Waals surface area contributed by atoms with E-state index in [2.05, 4.69) is 47.1 Å². The molecule has 5 nitrogen and oxygen atoms in total. The van der Waals surface area contributed by atoms with Gasteiger partial charge in [0.25, 0.3) is 0 Å². The van der Waals surface area contributed by atoms with Crippen LogP contribution in [-0.4, -0.2) is 9.97 Å². The van der Waals surface area contributed by atoms with Crippen LogP contribution in [0.25, 0.3) is 0 Å². The van der Waals surface area contributed by atoms with Gasteiger partial charge >= 0.3 is 6.18 Å². The summed E-state index contributed by atoms with van der Waals surface area (Å²) in [6, 6.07) is 5.96. The van der Waals surface area contributed by atoms with Gasteiger partial charge in [0, 0.05) is 15.0 Å². The van der Waals surface area contributed by atoms with Gasteiger partial charge in [-0.1, -0.05) is 15.9 Å². The normalized spacial score (nSPS) is 11.3. The molecule has 0 aliphatic rings. The van der Waals surface area contributed by atoms with Gasteiger partial charge in [0.2, 0.25) is 5.95 Å². The summed E-state index contributed by atoms with van der Waals surface area (Å²) in [5.74, 6) is 4.72. The highest BCUT2D eigenvalue weighted by molar-refractivity contribution is 9.11. The van der Waals surface area contributed by atoms with Crippen molar-refractivity contribution in [3.05, 3.63) is 38.9 Å². The summed E-state index contributed by atoms with van der Waals surface area (Å²) < 4.78 is 39.7. The molecule has 0 unspecified atom stereocenters. The lowest BCUT2D eigenvalue weighted by Crippen LogP contribution is -2.16. The Bertz CT molecular complexity index is 663. The van der Waals surface area contributed by atoms with Crippen molar-refractivity contribution in [2.75, 3.05) is 10.7 Å². The smallest absolute Gasteiger partial charge is 0.339 e. The fraction of sp³-hybridized carbons (Fsp3) is 0.0909. The van der Waals surface area contributed by atoms with Gasteiger partial charge in [0.05, 0.1) is 5.69 Å². The fourth-order valence-electron chi connectivity index (χ4n) is 1.45. The molecule has 0 atom stereocenters. The molecular weight excluding hydrogens is 419 g/mol. The molecule has 0 aliphatic carbocycles. The van der Waals surface area contributed by atoms with Crippen LogP contribution >= 0.6 is 31.9 Å². The van der Waals surface area contributed by atoms with Crippen LogP contribution in [0.5, 0.6) is 0 Å². The van der Waals surface area contributed by atoms with Crippen LogP contribution in [0.15, 0.2) is 33.2 Å². The Morgan fingerprint density at radius 1 is 1.10 bits per heavy atom. The van der Waals surface area contributed by atoms with E-state index in [4.69, 9.17) is 5.84 Å². The predicted octanol–water partition coefficient (Wildman–Crippen LogP) is 4.05. The van der Waals surface area contributed by atoms with Crippen molar-refractivity contribution in [3.8, 4) is 0 Å². The van der Waals surface area contributed by atoms with Crippen molar-refractivity contribution in [3.63, 3.8) is 0 Å². The standard InChI is InChI=1S/C11H8Br2F3N5/c12-5-1-2-7(6(13)3-5)18-9-4-8(11(14,15)16)19-10(20-9)21-17/h1-4H,17H2,(H2,18,19,20,21). The number of halogens is 5. The number of benzene rings is 1. The van der Waals surface area contributed by atoms with E-state index < -0.39 is 11.9 Å². The summed E-state index contributed by atoms with van der Waals surface area (Å²) in [4.78, 5) is 7.10. The molecule has 0 saturated heterocycles. The van der Waals surface area contributed by atoms with Gasteiger partial charge in [0.1, 0.15) is 5.82 Å². The Balaban J connectivity index is 2.39. The maximum Gasteiger partial charge on any atom is 0.433 e. The highest BCUT2D eigenvalue weighted by Gasteiger charge is 2.33. The third-order valence-electron chi connectivity index (χ3n) is 2.34. The number of anilines is 3. The van der Waals surface area contributed by atoms with Crippen LogP contribution in [0, 0.1) is 0 Å². The summed E-state index contributed by atoms with van der Waals surface area (Å²) in [7, 11) is 0. The Kier molecular flexibility index (Phi) is 4.69. The molecule has 0 aliphatic heterocycles. The minimum Gasteiger partial charge on any atom is -0.339 e. The third-order valence-corrected chi connectivity index (χ3v) is 3.49. The lowest BCUT2D eigenvalue weighted by molar-refractivity contribution is -0.141. The van der Waals surface area contributed by atoms with Gasteiger partial charge in [0.15, 0.2) is 5.69 Å². The lowest BCUT2D eigenvalue weighted by atomic mass is 10.3. The largest absolute Gasteiger partial charge is 0.433 e. The first-order valence-electron chi connectivity index (χ1n) is 5.44. The molecule has 21 heavy (non-hydrogen) atoms. The van der Waals surface area contributed by atoms with E-state index in [-0.39, 0.29) is 11.8 Å². The van der Waals surface area contributed by atoms with E-state index in [1.54, 1.807) is 18.2 Å². The Hall–Kier alpha value is -1.39. The summed E-state index contributed by atoms with van der Waals surface area (Å²) in [5, 5.41) is 2.77. The summed E-state index contributed by atoms with van der Waals surface area (Å²) in [6.45, 7) is 0. The molecule has 1 aromatic heterocycles. The average molecular weight is 427 g/mol. The van der Waals surface area contributed by atoms with Crippen molar-refractivity contribution in [2.45, 2.75) is 6.18 Å². The maximum atomic E-state index is 12.8. The van der Waals surface area contributed by atoms with Gasteiger partial charge in [-0.3, -0.25) is 5.43 Å². The number of nitrogens with two attached hydrogens (primary N) is 1. The van der Waals surface area contributed by atoms with Crippen molar-refractivity contribution >= 4 is 49.3 Å². The Morgan fingerprint density at radius 2 is 1.81 bits per heavy atom. The molecule has 1 aromatic carbocycles. The quantitative estimate of drug-likeness (QED) is 0.510. The predicted molar refractivity (Wildman–Crippen MR) is 80.0 cm³/mol. The number of rotatable bonds is 3. The zero-order valence-corrected chi connectivity index (χ0v) is 13.3. The van der Waals surface area contributed by atoms with Crippen LogP contribution < -0.4 is 16.6 Å². The summed E-state index contributed by atoms with van der Waals surface area (Å²) >= 11 is 6.58. The fourth-order valence-corrected chi connectivity index (χ4v) is 2.60. The summed E-state index contributed by atoms with van der Waals surface area (Å²) in [6.07, 6.45) is -4.60. The molecule has 0 radical (unpaired) electrons. The molecule has 4 N–H and O–H groups in total. The van der Waals surface area contributed by atoms with Crippen LogP contribution in [0.1, 0.15) is 5.69 Å². The first-order valence-corrected chi connectivity index (χ1v) is 7.03. The second-order valence-electron chi connectivity index (χ2n) is 3.85. The molecule has 2 rings (SSSR count). The minimum absolute atomic E-state index is 0.0340. The first kappa shape index (κ1) is 16.0. The van der Waals surface area contributed by atoms with Crippen LogP contribution in [0.4, 0.5) is 30.6 Å². The van der Waals surface area contributed by atoms with Gasteiger partial charge in [-0.15, -0.1) is 0 Å². The zero-order chi connectivity index (χ0) is 15.6. The number of nitrogens with zero attached hydrogens (tertiary/aromatic N) is 2. The van der Waals surface area contributed by atoms with E-state index in [1.165, 1.54) is 0 Å². The van der Waals surface area contributed by atoms with Gasteiger partial charge in [-0.05, 0) is 34.1 Å². The molecule has 1 heterocycles. The number of nitrogens with one attached hydrogen (secondary N) is 2. The van der Waals surface area contributed by atoms with Gasteiger partial charge < -0.3 is 5.32 Å². The molecule has 112 valence electrons. The monoisotopic (exact) mass is 425 g/mol. The number of hydrogen-bond donors (Lipinski definition) is 3. The number of hydrogen-bond acceptors (Lipinski definition) is 5. The maximum absolute atomic E-state index is 12.8. The van der Waals surface area contributed by atoms with E-state index in [1.807, 2.05) is 5.43 Å². The Morgan fingerprint density at radius 3 is 2.38 bits per heavy atom. The van der Waals surface area contributed by atoms with Crippen molar-refractivity contribution in [1.29, 1.82) is 0 Å². The van der Waals surface area contributed by atoms with Crippen molar-refractivity contribution < 1.29 is 13.2 Å². The topological polar surface area (TPSA) is 75.9 Å². The summed E-state index contributed by atoms with van der Waals surface area (Å²) in [5.41, 5.74) is 1.46. The molecule has 10 heteroatoms. The third kappa shape index (κ3) is 4.05. The highest BCUT2D eigenvalue weighted by Crippen LogP contribution is 2.32. The van der Waals surface area contributed by atoms with E-state index in [0.717, 1.165) is 10.5 Å². The minimum atomic E-state index is -4.60. The molecule has 0 saturated carbocycles. The molecule has 0 fully saturated rings. The van der Waals surface area contributed by atoms with E-state index in [9.17, 15) is 13.2 Å². The molecule has 0 amide bonds. The van der Waals surface area contributed by atoms with Gasteiger partial charge in [-0.2, -0.15) is 18.2 Å². The lowest BCUT2D eigenvalue weighted by Gasteiger charge is -2.12. The molecule has 2 aromatic rings. The average Bonchev–Trinajstić information content (AvgIpc) is 2.40. The second kappa shape index (κ2) is 6.16. The van der Waals surface area contributed by atoms with Crippen LogP contribution in [-0.2, 0) is 6.18 Å². The molecular formula is C11H8Br2F3N5. The SMILES string of the molecule is NNc1nc(Nc2ccc(Br)cc2Br)cc(C(F)(F)F)n1. The van der Waals surface area contributed by atoms with E-state index >= 15 is 0 Å².